The molecule has 0 N–H and O–H groups in total. The highest BCUT2D eigenvalue weighted by Crippen LogP contribution is 2.29. The Morgan fingerprint density at radius 2 is 1.75 bits per heavy atom. The highest BCUT2D eigenvalue weighted by Gasteiger charge is 2.26. The minimum absolute atomic E-state index is 0.180. The van der Waals surface area contributed by atoms with Crippen molar-refractivity contribution in [2.45, 2.75) is 45.3 Å². The van der Waals surface area contributed by atoms with Crippen molar-refractivity contribution in [1.82, 2.24) is 4.98 Å². The van der Waals surface area contributed by atoms with Gasteiger partial charge >= 0.3 is 0 Å². The summed E-state index contributed by atoms with van der Waals surface area (Å²) in [4.78, 5) is 4.75. The van der Waals surface area contributed by atoms with E-state index < -0.39 is 0 Å². The molecule has 106 valence electrons. The number of aromatic nitrogens is 1. The first-order chi connectivity index (χ1) is 9.17. The Kier molecular flexibility index (Phi) is 4.37. The van der Waals surface area contributed by atoms with Crippen LogP contribution < -0.4 is 0 Å². The van der Waals surface area contributed by atoms with Crippen molar-refractivity contribution in [3.05, 3.63) is 40.5 Å². The van der Waals surface area contributed by atoms with E-state index in [-0.39, 0.29) is 10.6 Å². The van der Waals surface area contributed by atoms with Gasteiger partial charge in [0.15, 0.2) is 0 Å². The Labute approximate surface area is 132 Å². The molecule has 2 radical (unpaired) electrons. The number of halogens is 1. The maximum Gasteiger partial charge on any atom is 0.237 e. The molecule has 20 heavy (non-hydrogen) atoms. The molecule has 0 aliphatic heterocycles. The van der Waals surface area contributed by atoms with E-state index in [4.69, 9.17) is 9.41 Å². The summed E-state index contributed by atoms with van der Waals surface area (Å²) in [5.74, 6) is 0. The molecule has 0 amide bonds. The van der Waals surface area contributed by atoms with Gasteiger partial charge in [-0.1, -0.05) is 42.8 Å². The lowest BCUT2D eigenvalue weighted by Gasteiger charge is -2.28. The van der Waals surface area contributed by atoms with Crippen molar-refractivity contribution in [2.24, 2.45) is 0 Å². The molecule has 1 aromatic carbocycles. The normalized spacial score (nSPS) is 12.9. The van der Waals surface area contributed by atoms with Crippen LogP contribution in [0, 0.1) is 0 Å². The van der Waals surface area contributed by atoms with Gasteiger partial charge in [-0.2, -0.15) is 0 Å². The molecule has 0 unspecified atom stereocenters. The van der Waals surface area contributed by atoms with Crippen LogP contribution in [0.25, 0.3) is 10.9 Å². The molecule has 0 saturated heterocycles. The van der Waals surface area contributed by atoms with Gasteiger partial charge in [0.2, 0.25) is 9.76 Å². The lowest BCUT2D eigenvalue weighted by atomic mass is 10.0. The summed E-state index contributed by atoms with van der Waals surface area (Å²) in [6, 6.07) is 10.3. The van der Waals surface area contributed by atoms with E-state index in [9.17, 15) is 0 Å². The van der Waals surface area contributed by atoms with Gasteiger partial charge in [-0.3, -0.25) is 0 Å². The first kappa shape index (κ1) is 15.7. The predicted molar refractivity (Wildman–Crippen MR) is 89.0 cm³/mol. The Balaban J connectivity index is 2.29. The van der Waals surface area contributed by atoms with E-state index in [1.807, 2.05) is 12.1 Å². The summed E-state index contributed by atoms with van der Waals surface area (Å²) < 4.78 is 7.18. The summed E-state index contributed by atoms with van der Waals surface area (Å²) in [5.41, 5.74) is 1.61. The molecule has 0 saturated carbocycles. The van der Waals surface area contributed by atoms with Crippen molar-refractivity contribution in [3.63, 3.8) is 0 Å². The molecule has 1 aromatic heterocycles. The third-order valence-corrected chi connectivity index (χ3v) is 4.60. The predicted octanol–water partition coefficient (Wildman–Crippen LogP) is 5.09. The quantitative estimate of drug-likeness (QED) is 0.720. The van der Waals surface area contributed by atoms with Crippen LogP contribution in [0.1, 0.15) is 40.3 Å². The third kappa shape index (κ3) is 3.90. The fourth-order valence-electron chi connectivity index (χ4n) is 1.76. The van der Waals surface area contributed by atoms with Crippen LogP contribution in [0.2, 0.25) is 5.04 Å². The first-order valence-electron chi connectivity index (χ1n) is 6.69. The maximum atomic E-state index is 6.11. The Morgan fingerprint density at radius 3 is 2.40 bits per heavy atom. The minimum atomic E-state index is -0.368. The fourth-order valence-corrected chi connectivity index (χ4v) is 2.81. The van der Waals surface area contributed by atoms with E-state index in [0.29, 0.717) is 9.76 Å². The third-order valence-electron chi connectivity index (χ3n) is 2.88. The molecule has 4 heteroatoms. The molecular formula is C16H20BrNOSi. The number of rotatable bonds is 3. The monoisotopic (exact) mass is 349 g/mol. The van der Waals surface area contributed by atoms with Gasteiger partial charge in [0.25, 0.3) is 0 Å². The molecular weight excluding hydrogens is 330 g/mol. The van der Waals surface area contributed by atoms with Crippen molar-refractivity contribution in [2.75, 3.05) is 0 Å². The number of benzene rings is 1. The van der Waals surface area contributed by atoms with Crippen LogP contribution in [0.15, 0.2) is 34.8 Å². The molecule has 0 aliphatic carbocycles. The second kappa shape index (κ2) is 5.58. The Bertz CT molecular complexity index is 619. The molecule has 2 nitrogen and oxygen atoms in total. The summed E-state index contributed by atoms with van der Waals surface area (Å²) in [6.07, 6.45) is 0. The average molecular weight is 350 g/mol. The van der Waals surface area contributed by atoms with Crippen LogP contribution in [-0.2, 0) is 10.0 Å². The summed E-state index contributed by atoms with van der Waals surface area (Å²) in [5, 5.41) is 1.32. The Hall–Kier alpha value is -0.713. The fraction of sp³-hybridized carbons (Fsp3) is 0.438. The van der Waals surface area contributed by atoms with E-state index in [1.165, 1.54) is 0 Å². The molecule has 0 aliphatic rings. The summed E-state index contributed by atoms with van der Waals surface area (Å²) in [7, 11) is 0.446. The van der Waals surface area contributed by atoms with Crippen molar-refractivity contribution in [1.29, 1.82) is 0 Å². The maximum absolute atomic E-state index is 6.11. The second-order valence-corrected chi connectivity index (χ2v) is 9.32. The standard InChI is InChI=1S/C16H20BrNOSi/c1-15(2,3)20-19-16(4,5)14-9-6-11-10-12(17)7-8-13(11)18-14/h6-10H,1-5H3. The van der Waals surface area contributed by atoms with Gasteiger partial charge < -0.3 is 4.43 Å². The van der Waals surface area contributed by atoms with Crippen molar-refractivity contribution >= 4 is 36.6 Å². The molecule has 0 spiro atoms. The smallest absolute Gasteiger partial charge is 0.237 e. The minimum Gasteiger partial charge on any atom is -0.406 e. The van der Waals surface area contributed by atoms with E-state index >= 15 is 0 Å². The molecule has 2 rings (SSSR count). The van der Waals surface area contributed by atoms with Crippen LogP contribution in [0.3, 0.4) is 0 Å². The highest BCUT2D eigenvalue weighted by molar-refractivity contribution is 9.10. The van der Waals surface area contributed by atoms with Gasteiger partial charge in [-0.05, 0) is 43.2 Å². The van der Waals surface area contributed by atoms with Crippen LogP contribution in [0.5, 0.6) is 0 Å². The zero-order valence-corrected chi connectivity index (χ0v) is 15.2. The molecule has 0 atom stereocenters. The topological polar surface area (TPSA) is 22.1 Å². The number of fused-ring (bicyclic) bond motifs is 1. The number of nitrogens with zero attached hydrogens (tertiary/aromatic N) is 1. The second-order valence-electron chi connectivity index (χ2n) is 6.50. The van der Waals surface area contributed by atoms with Gasteiger partial charge in [0.05, 0.1) is 16.8 Å². The van der Waals surface area contributed by atoms with E-state index in [1.54, 1.807) is 0 Å². The molecule has 0 fully saturated rings. The summed E-state index contributed by atoms with van der Waals surface area (Å²) >= 11 is 3.49. The van der Waals surface area contributed by atoms with Crippen molar-refractivity contribution in [3.8, 4) is 0 Å². The van der Waals surface area contributed by atoms with Gasteiger partial charge in [-0.15, -0.1) is 0 Å². The molecule has 1 heterocycles. The largest absolute Gasteiger partial charge is 0.406 e. The SMILES string of the molecule is CC(C)(C)[Si]OC(C)(C)c1ccc2cc(Br)ccc2n1. The Morgan fingerprint density at radius 1 is 1.05 bits per heavy atom. The van der Waals surface area contributed by atoms with Crippen LogP contribution in [-0.4, -0.2) is 14.7 Å². The zero-order chi connectivity index (χ0) is 15.0. The number of pyridine rings is 1. The molecule has 2 aromatic rings. The lowest BCUT2D eigenvalue weighted by Crippen LogP contribution is -2.28. The number of hydrogen-bond donors (Lipinski definition) is 0. The van der Waals surface area contributed by atoms with Crippen LogP contribution in [0.4, 0.5) is 0 Å². The van der Waals surface area contributed by atoms with Gasteiger partial charge in [0.1, 0.15) is 0 Å². The van der Waals surface area contributed by atoms with E-state index in [2.05, 4.69) is 68.7 Å². The molecule has 0 bridgehead atoms. The lowest BCUT2D eigenvalue weighted by molar-refractivity contribution is 0.105. The van der Waals surface area contributed by atoms with Gasteiger partial charge in [-0.25, -0.2) is 4.98 Å². The zero-order valence-electron chi connectivity index (χ0n) is 12.6. The van der Waals surface area contributed by atoms with E-state index in [0.717, 1.165) is 21.1 Å². The van der Waals surface area contributed by atoms with Gasteiger partial charge in [0, 0.05) is 9.86 Å². The summed E-state index contributed by atoms with van der Waals surface area (Å²) in [6.45, 7) is 10.7. The number of hydrogen-bond acceptors (Lipinski definition) is 2. The first-order valence-corrected chi connectivity index (χ1v) is 8.39. The van der Waals surface area contributed by atoms with Crippen LogP contribution >= 0.6 is 15.9 Å². The average Bonchev–Trinajstić information content (AvgIpc) is 2.35. The van der Waals surface area contributed by atoms with Crippen molar-refractivity contribution < 1.29 is 4.43 Å². The highest BCUT2D eigenvalue weighted by atomic mass is 79.9.